The molecule has 4 N–H and O–H groups in total. The molecule has 92 valence electrons. The van der Waals surface area contributed by atoms with Crippen molar-refractivity contribution in [3.8, 4) is 11.8 Å². The van der Waals surface area contributed by atoms with Crippen molar-refractivity contribution in [2.75, 3.05) is 18.3 Å². The lowest BCUT2D eigenvalue weighted by atomic mass is 10.1. The molecule has 0 saturated carbocycles. The number of nitrogens with one attached hydrogen (secondary N) is 2. The second kappa shape index (κ2) is 5.68. The fraction of sp³-hybridized carbons (Fsp3) is 0.273. The van der Waals surface area contributed by atoms with Gasteiger partial charge in [-0.15, -0.1) is 0 Å². The number of benzene rings is 1. The molecule has 0 bridgehead atoms. The maximum absolute atomic E-state index is 11.3. The minimum atomic E-state index is -3.48. The zero-order valence-corrected chi connectivity index (χ0v) is 10.6. The highest BCUT2D eigenvalue weighted by Crippen LogP contribution is 2.15. The zero-order valence-electron chi connectivity index (χ0n) is 9.74. The Morgan fingerprint density at radius 2 is 2.12 bits per heavy atom. The third-order valence-electron chi connectivity index (χ3n) is 2.07. The van der Waals surface area contributed by atoms with Crippen molar-refractivity contribution in [2.45, 2.75) is 6.92 Å². The first-order chi connectivity index (χ1) is 7.98. The van der Waals surface area contributed by atoms with Gasteiger partial charge in [-0.2, -0.15) is 8.42 Å². The maximum Gasteiger partial charge on any atom is 0.298 e. The molecule has 1 aromatic carbocycles. The van der Waals surface area contributed by atoms with Gasteiger partial charge in [-0.25, -0.2) is 4.72 Å². The first-order valence-electron chi connectivity index (χ1n) is 4.99. The first kappa shape index (κ1) is 13.5. The summed E-state index contributed by atoms with van der Waals surface area (Å²) in [5.41, 5.74) is 7.51. The van der Waals surface area contributed by atoms with E-state index in [1.54, 1.807) is 18.2 Å². The minimum absolute atomic E-state index is 0.299. The molecule has 0 atom stereocenters. The number of hydrogen-bond donors (Lipinski definition) is 3. The summed E-state index contributed by atoms with van der Waals surface area (Å²) < 4.78 is 27.1. The van der Waals surface area contributed by atoms with Gasteiger partial charge in [0.1, 0.15) is 0 Å². The molecule has 0 amide bonds. The summed E-state index contributed by atoms with van der Waals surface area (Å²) in [4.78, 5) is 0. The second-order valence-electron chi connectivity index (χ2n) is 3.35. The van der Waals surface area contributed by atoms with Gasteiger partial charge in [-0.1, -0.05) is 11.8 Å². The molecule has 0 aromatic heterocycles. The molecule has 1 aromatic rings. The van der Waals surface area contributed by atoms with E-state index >= 15 is 0 Å². The molecule has 0 radical (unpaired) electrons. The summed E-state index contributed by atoms with van der Waals surface area (Å²) in [6.07, 6.45) is 0. The summed E-state index contributed by atoms with van der Waals surface area (Å²) in [6, 6.07) is 5.13. The Morgan fingerprint density at radius 3 is 2.65 bits per heavy atom. The molecule has 0 fully saturated rings. The quantitative estimate of drug-likeness (QED) is 0.672. The van der Waals surface area contributed by atoms with Crippen LogP contribution in [0.2, 0.25) is 0 Å². The molecule has 17 heavy (non-hydrogen) atoms. The van der Waals surface area contributed by atoms with Crippen LogP contribution in [0.15, 0.2) is 18.2 Å². The summed E-state index contributed by atoms with van der Waals surface area (Å²) in [5, 5.41) is 0. The molecule has 6 heteroatoms. The van der Waals surface area contributed by atoms with Crippen molar-refractivity contribution in [1.29, 1.82) is 0 Å². The third kappa shape index (κ3) is 4.07. The average Bonchev–Trinajstić information content (AvgIpc) is 2.27. The largest absolute Gasteiger partial charge is 0.320 e. The first-order valence-corrected chi connectivity index (χ1v) is 6.47. The number of aryl methyl sites for hydroxylation is 1. The Hall–Kier alpha value is -1.55. The van der Waals surface area contributed by atoms with Crippen LogP contribution >= 0.6 is 0 Å². The van der Waals surface area contributed by atoms with E-state index in [2.05, 4.69) is 21.3 Å². The van der Waals surface area contributed by atoms with Crippen molar-refractivity contribution >= 4 is 15.9 Å². The van der Waals surface area contributed by atoms with E-state index < -0.39 is 10.2 Å². The van der Waals surface area contributed by atoms with E-state index in [1.165, 1.54) is 7.05 Å². The normalized spacial score (nSPS) is 10.5. The van der Waals surface area contributed by atoms with Crippen LogP contribution in [-0.4, -0.2) is 22.0 Å². The lowest BCUT2D eigenvalue weighted by Gasteiger charge is -2.07. The van der Waals surface area contributed by atoms with Gasteiger partial charge < -0.3 is 5.73 Å². The molecule has 0 spiro atoms. The van der Waals surface area contributed by atoms with Gasteiger partial charge in [0.25, 0.3) is 10.2 Å². The van der Waals surface area contributed by atoms with Crippen LogP contribution in [0.4, 0.5) is 5.69 Å². The van der Waals surface area contributed by atoms with Gasteiger partial charge in [-0.3, -0.25) is 4.72 Å². The Bertz CT molecular complexity index is 556. The van der Waals surface area contributed by atoms with Crippen LogP contribution in [0, 0.1) is 18.8 Å². The summed E-state index contributed by atoms with van der Waals surface area (Å²) in [7, 11) is -2.13. The SMILES string of the molecule is CNS(=O)(=O)Nc1ccc(C#CCN)c(C)c1. The molecule has 0 heterocycles. The van der Waals surface area contributed by atoms with E-state index in [-0.39, 0.29) is 0 Å². The molecule has 0 saturated heterocycles. The number of hydrogen-bond acceptors (Lipinski definition) is 3. The van der Waals surface area contributed by atoms with Gasteiger partial charge in [0, 0.05) is 12.6 Å². The highest BCUT2D eigenvalue weighted by atomic mass is 32.2. The second-order valence-corrected chi connectivity index (χ2v) is 4.96. The summed E-state index contributed by atoms with van der Waals surface area (Å²) >= 11 is 0. The molecule has 0 unspecified atom stereocenters. The standard InChI is InChI=1S/C11H15N3O2S/c1-9-8-11(14-17(15,16)13-2)6-5-10(9)4-3-7-12/h5-6,8,13-14H,7,12H2,1-2H3. The Kier molecular flexibility index (Phi) is 4.52. The van der Waals surface area contributed by atoms with Gasteiger partial charge in [0.05, 0.1) is 12.2 Å². The number of anilines is 1. The average molecular weight is 253 g/mol. The zero-order chi connectivity index (χ0) is 12.9. The molecule has 0 aliphatic heterocycles. The Morgan fingerprint density at radius 1 is 1.41 bits per heavy atom. The monoisotopic (exact) mass is 253 g/mol. The molecule has 0 aliphatic rings. The van der Waals surface area contributed by atoms with Crippen LogP contribution < -0.4 is 15.2 Å². The fourth-order valence-electron chi connectivity index (χ4n) is 1.22. The lowest BCUT2D eigenvalue weighted by molar-refractivity contribution is 0.593. The summed E-state index contributed by atoms with van der Waals surface area (Å²) in [5.74, 6) is 5.66. The molecule has 5 nitrogen and oxygen atoms in total. The number of rotatable bonds is 3. The van der Waals surface area contributed by atoms with Crippen molar-refractivity contribution in [3.05, 3.63) is 29.3 Å². The van der Waals surface area contributed by atoms with Gasteiger partial charge >= 0.3 is 0 Å². The molecule has 1 rings (SSSR count). The third-order valence-corrected chi connectivity index (χ3v) is 3.11. The van der Waals surface area contributed by atoms with E-state index in [0.29, 0.717) is 12.2 Å². The molecular formula is C11H15N3O2S. The lowest BCUT2D eigenvalue weighted by Crippen LogP contribution is -2.26. The van der Waals surface area contributed by atoms with Gasteiger partial charge in [0.15, 0.2) is 0 Å². The van der Waals surface area contributed by atoms with Crippen molar-refractivity contribution in [3.63, 3.8) is 0 Å². The van der Waals surface area contributed by atoms with E-state index in [4.69, 9.17) is 5.73 Å². The predicted octanol–water partition coefficient (Wildman–Crippen LogP) is 0.181. The molecular weight excluding hydrogens is 238 g/mol. The van der Waals surface area contributed by atoms with Crippen LogP contribution in [0.5, 0.6) is 0 Å². The van der Waals surface area contributed by atoms with Crippen molar-refractivity contribution in [2.24, 2.45) is 5.73 Å². The Labute approximate surface area is 102 Å². The van der Waals surface area contributed by atoms with E-state index in [9.17, 15) is 8.42 Å². The van der Waals surface area contributed by atoms with Crippen LogP contribution in [-0.2, 0) is 10.2 Å². The van der Waals surface area contributed by atoms with Crippen LogP contribution in [0.1, 0.15) is 11.1 Å². The van der Waals surface area contributed by atoms with Gasteiger partial charge in [-0.05, 0) is 30.7 Å². The molecule has 0 aliphatic carbocycles. The summed E-state index contributed by atoms with van der Waals surface area (Å²) in [6.45, 7) is 2.16. The predicted molar refractivity (Wildman–Crippen MR) is 68.7 cm³/mol. The van der Waals surface area contributed by atoms with Crippen LogP contribution in [0.25, 0.3) is 0 Å². The minimum Gasteiger partial charge on any atom is -0.320 e. The fourth-order valence-corrected chi connectivity index (χ4v) is 1.76. The smallest absolute Gasteiger partial charge is 0.298 e. The van der Waals surface area contributed by atoms with E-state index in [0.717, 1.165) is 11.1 Å². The topological polar surface area (TPSA) is 84.2 Å². The van der Waals surface area contributed by atoms with Crippen molar-refractivity contribution in [1.82, 2.24) is 4.72 Å². The Balaban J connectivity index is 2.97. The van der Waals surface area contributed by atoms with E-state index in [1.807, 2.05) is 6.92 Å². The highest BCUT2D eigenvalue weighted by molar-refractivity contribution is 7.90. The maximum atomic E-state index is 11.3. The van der Waals surface area contributed by atoms with Gasteiger partial charge in [0.2, 0.25) is 0 Å². The van der Waals surface area contributed by atoms with Crippen LogP contribution in [0.3, 0.4) is 0 Å². The van der Waals surface area contributed by atoms with Crippen molar-refractivity contribution < 1.29 is 8.42 Å². The highest BCUT2D eigenvalue weighted by Gasteiger charge is 2.06. The number of nitrogens with two attached hydrogens (primary N) is 1.